The van der Waals surface area contributed by atoms with Crippen molar-refractivity contribution in [1.29, 1.82) is 0 Å². The van der Waals surface area contributed by atoms with E-state index in [1.807, 2.05) is 45.0 Å². The molecule has 1 aromatic heterocycles. The van der Waals surface area contributed by atoms with Crippen molar-refractivity contribution in [2.75, 3.05) is 68.1 Å². The van der Waals surface area contributed by atoms with Gasteiger partial charge in [0.15, 0.2) is 18.4 Å². The van der Waals surface area contributed by atoms with Crippen LogP contribution in [0.5, 0.6) is 0 Å². The van der Waals surface area contributed by atoms with E-state index >= 15 is 0 Å². The molecule has 4 aliphatic rings. The van der Waals surface area contributed by atoms with Crippen molar-refractivity contribution in [2.45, 2.75) is 134 Å². The maximum atomic E-state index is 14.1. The van der Waals surface area contributed by atoms with Crippen molar-refractivity contribution in [1.82, 2.24) is 20.3 Å². The second kappa shape index (κ2) is 26.1. The van der Waals surface area contributed by atoms with Crippen molar-refractivity contribution in [3.63, 3.8) is 0 Å². The molecule has 0 spiro atoms. The van der Waals surface area contributed by atoms with Crippen molar-refractivity contribution in [2.24, 2.45) is 28.8 Å². The van der Waals surface area contributed by atoms with Crippen LogP contribution in [0.2, 0.25) is 0 Å². The van der Waals surface area contributed by atoms with Gasteiger partial charge in [-0.3, -0.25) is 9.59 Å². The summed E-state index contributed by atoms with van der Waals surface area (Å²) in [7, 11) is 6.48. The molecule has 3 saturated heterocycles. The number of H-pyrrole nitrogens is 1. The first-order valence-corrected chi connectivity index (χ1v) is 23.7. The molecule has 4 N–H and O–H groups in total. The van der Waals surface area contributed by atoms with Gasteiger partial charge in [-0.2, -0.15) is 15.4 Å². The molecule has 386 valence electrons. The molecule has 0 amide bonds. The van der Waals surface area contributed by atoms with E-state index < -0.39 is 97.3 Å². The van der Waals surface area contributed by atoms with Gasteiger partial charge in [0.1, 0.15) is 41.2 Å². The second-order valence-corrected chi connectivity index (χ2v) is 18.8. The molecule has 1 aromatic carbocycles. The molecule has 0 aliphatic carbocycles. The third kappa shape index (κ3) is 14.6. The number of aliphatic hydroxyl groups is 3. The Kier molecular flexibility index (Phi) is 20.6. The summed E-state index contributed by atoms with van der Waals surface area (Å²) in [6.45, 7) is 9.14. The minimum absolute atomic E-state index is 0.0195. The quantitative estimate of drug-likeness (QED) is 0.0974. The number of benzene rings is 1. The second-order valence-electron chi connectivity index (χ2n) is 18.8. The Balaban J connectivity index is 1.26. The Labute approximate surface area is 403 Å². The monoisotopic (exact) mass is 976 g/mol. The minimum atomic E-state index is -1.26. The zero-order valence-electron chi connectivity index (χ0n) is 41.2. The van der Waals surface area contributed by atoms with E-state index in [2.05, 4.69) is 20.6 Å². The van der Waals surface area contributed by atoms with Gasteiger partial charge in [0.05, 0.1) is 76.0 Å². The van der Waals surface area contributed by atoms with Gasteiger partial charge >= 0.3 is 5.97 Å². The Morgan fingerprint density at radius 2 is 1.64 bits per heavy atom. The van der Waals surface area contributed by atoms with Crippen molar-refractivity contribution in [3.8, 4) is 0 Å². The standard InChI is InChI=1S/C48H73N5O16/c1-26-10-13-37(54)27(2)17-33-14-15-61-23-34(51-66-25-62-20-31-11-12-35-36(18-31)50-52-49-35)24-63-38(28(3)44(33)69-47-43(58)40(53(6)7)41(56)29(4)67-47)19-39(55)64-21-32(16-26)22-65-48-46(60-9)45(59-8)42(57)30(5)68-48/h10-13,16,18,27-30,32-33,38,40-48,56-58H,14-15,17,19-25H2,1-9H3,(H,49,50,52)/b13-10+,26-16+,51-34+/t27-,28+,29-,30-,32+,33?,38-,40+,41-,42-,43-,44-,45-,46-,47+,48-/m1/s1. The van der Waals surface area contributed by atoms with Gasteiger partial charge in [-0.1, -0.05) is 42.8 Å². The highest BCUT2D eigenvalue weighted by molar-refractivity contribution is 5.91. The number of ether oxygens (including phenoxy) is 10. The number of allylic oxidation sites excluding steroid dienone is 3. The van der Waals surface area contributed by atoms with Crippen LogP contribution in [0, 0.1) is 23.7 Å². The maximum Gasteiger partial charge on any atom is 0.308 e. The lowest BCUT2D eigenvalue weighted by Crippen LogP contribution is -2.63. The van der Waals surface area contributed by atoms with Crippen LogP contribution in [0.25, 0.3) is 11.0 Å². The molecule has 1 unspecified atom stereocenters. The van der Waals surface area contributed by atoms with Gasteiger partial charge in [0.2, 0.25) is 6.79 Å². The normalized spacial score (nSPS) is 37.8. The van der Waals surface area contributed by atoms with Crippen LogP contribution >= 0.6 is 0 Å². The molecule has 0 saturated carbocycles. The van der Waals surface area contributed by atoms with Crippen molar-refractivity contribution in [3.05, 3.63) is 47.6 Å². The molecule has 0 radical (unpaired) electrons. The summed E-state index contributed by atoms with van der Waals surface area (Å²) in [4.78, 5) is 35.4. The predicted molar refractivity (Wildman–Crippen MR) is 247 cm³/mol. The number of methoxy groups -OCH3 is 2. The SMILES string of the molecule is CO[C@@H]1[C@H](O)[C@@H](C)O[C@@H](OC[C@H]2/C=C(C)/C=C/C(=O)[C@H](C)CC3CCOC/C(=N\OCOCc4ccc5n[nH]nc5c4)CO[C@H](CC(=O)OC2)[C@H](C)[C@H]3O[C@@H]2O[C@H](C)[C@@H](O)[C@H](N(C)C)[C@H]2O)[C@@H]1OC. The first-order valence-electron chi connectivity index (χ1n) is 23.7. The predicted octanol–water partition coefficient (Wildman–Crippen LogP) is 2.46. The summed E-state index contributed by atoms with van der Waals surface area (Å²) in [6, 6.07) is 4.86. The number of cyclic esters (lactones) is 1. The lowest BCUT2D eigenvalue weighted by molar-refractivity contribution is -0.305. The van der Waals surface area contributed by atoms with Crippen LogP contribution in [0.4, 0.5) is 0 Å². The molecular formula is C48H73N5O16. The summed E-state index contributed by atoms with van der Waals surface area (Å²) >= 11 is 0. The number of hydrogen-bond donors (Lipinski definition) is 4. The highest BCUT2D eigenvalue weighted by Crippen LogP contribution is 2.36. The highest BCUT2D eigenvalue weighted by Gasteiger charge is 2.48. The Bertz CT molecular complexity index is 2030. The van der Waals surface area contributed by atoms with Crippen LogP contribution in [0.15, 0.2) is 47.2 Å². The number of aromatic amines is 1. The lowest BCUT2D eigenvalue weighted by Gasteiger charge is -2.47. The average Bonchev–Trinajstić information content (AvgIpc) is 3.79. The topological polar surface area (TPSA) is 254 Å². The lowest BCUT2D eigenvalue weighted by atomic mass is 9.79. The van der Waals surface area contributed by atoms with Gasteiger partial charge < -0.3 is 72.4 Å². The molecule has 2 bridgehead atoms. The summed E-state index contributed by atoms with van der Waals surface area (Å²) in [6.07, 6.45) is -4.08. The Morgan fingerprint density at radius 1 is 0.899 bits per heavy atom. The zero-order valence-corrected chi connectivity index (χ0v) is 41.2. The number of fused-ring (bicyclic) bond motifs is 4. The van der Waals surface area contributed by atoms with E-state index in [9.17, 15) is 24.9 Å². The Morgan fingerprint density at radius 3 is 2.39 bits per heavy atom. The van der Waals surface area contributed by atoms with Crippen LogP contribution < -0.4 is 0 Å². The van der Waals surface area contributed by atoms with Gasteiger partial charge in [-0.05, 0) is 77.4 Å². The highest BCUT2D eigenvalue weighted by atomic mass is 16.7. The molecule has 3 fully saturated rings. The maximum absolute atomic E-state index is 14.1. The largest absolute Gasteiger partial charge is 0.465 e. The Hall–Kier alpha value is -3.81. The third-order valence-electron chi connectivity index (χ3n) is 13.4. The fourth-order valence-corrected chi connectivity index (χ4v) is 9.39. The number of hydrogen-bond acceptors (Lipinski definition) is 20. The number of aliphatic hydroxyl groups excluding tert-OH is 3. The van der Waals surface area contributed by atoms with Crippen molar-refractivity contribution < 1.29 is 77.1 Å². The summed E-state index contributed by atoms with van der Waals surface area (Å²) in [5.74, 6) is -2.66. The number of aromatic nitrogens is 3. The van der Waals surface area contributed by atoms with Crippen LogP contribution in [-0.4, -0.2) is 195 Å². The fourth-order valence-electron chi connectivity index (χ4n) is 9.39. The number of oxime groups is 1. The number of rotatable bonds is 13. The molecule has 21 heteroatoms. The first kappa shape index (κ1) is 54.5. The number of esters is 1. The smallest absolute Gasteiger partial charge is 0.308 e. The van der Waals surface area contributed by atoms with Gasteiger partial charge in [-0.25, -0.2) is 0 Å². The molecule has 69 heavy (non-hydrogen) atoms. The van der Waals surface area contributed by atoms with Gasteiger partial charge in [0.25, 0.3) is 0 Å². The van der Waals surface area contributed by atoms with E-state index in [0.717, 1.165) is 16.7 Å². The van der Waals surface area contributed by atoms with Crippen LogP contribution in [-0.2, 0) is 68.4 Å². The molecule has 21 nitrogen and oxygen atoms in total. The first-order chi connectivity index (χ1) is 33.1. The van der Waals surface area contributed by atoms with E-state index in [-0.39, 0.29) is 64.6 Å². The van der Waals surface area contributed by atoms with E-state index in [4.69, 9.17) is 52.2 Å². The summed E-state index contributed by atoms with van der Waals surface area (Å²) in [5, 5.41) is 48.5. The van der Waals surface area contributed by atoms with Crippen LogP contribution in [0.1, 0.15) is 59.4 Å². The van der Waals surface area contributed by atoms with E-state index in [1.54, 1.807) is 38.9 Å². The summed E-state index contributed by atoms with van der Waals surface area (Å²) < 4.78 is 60.9. The molecule has 16 atom stereocenters. The van der Waals surface area contributed by atoms with E-state index in [0.29, 0.717) is 24.1 Å². The fraction of sp³-hybridized carbons (Fsp3) is 0.729. The average molecular weight is 976 g/mol. The third-order valence-corrected chi connectivity index (χ3v) is 13.4. The van der Waals surface area contributed by atoms with Crippen molar-refractivity contribution >= 4 is 28.5 Å². The molecule has 4 aliphatic heterocycles. The van der Waals surface area contributed by atoms with Crippen LogP contribution in [0.3, 0.4) is 0 Å². The number of nitrogens with one attached hydrogen (secondary N) is 1. The number of nitrogens with zero attached hydrogens (tertiary/aromatic N) is 4. The minimum Gasteiger partial charge on any atom is -0.465 e. The molecule has 6 rings (SSSR count). The number of likely N-dealkylation sites (N-methyl/N-ethyl adjacent to an activating group) is 1. The molecular weight excluding hydrogens is 903 g/mol. The molecule has 2 aromatic rings. The van der Waals surface area contributed by atoms with E-state index in [1.165, 1.54) is 20.3 Å². The summed E-state index contributed by atoms with van der Waals surface area (Å²) in [5.41, 5.74) is 3.43. The van der Waals surface area contributed by atoms with Gasteiger partial charge in [0, 0.05) is 38.6 Å². The van der Waals surface area contributed by atoms with Gasteiger partial charge in [-0.15, -0.1) is 0 Å². The number of carbonyl (C=O) groups is 2. The zero-order chi connectivity index (χ0) is 49.8. The number of ketones is 1. The molecule has 5 heterocycles. The number of carbonyl (C=O) groups excluding carboxylic acids is 2.